The molecule has 0 saturated heterocycles. The van der Waals surface area contributed by atoms with Crippen molar-refractivity contribution < 1.29 is 14.1 Å². The van der Waals surface area contributed by atoms with Crippen LogP contribution in [0.25, 0.3) is 0 Å². The highest BCUT2D eigenvalue weighted by molar-refractivity contribution is 7.98. The first-order chi connectivity index (χ1) is 13.9. The number of ether oxygens (including phenoxy) is 1. The average molecular weight is 416 g/mol. The van der Waals surface area contributed by atoms with E-state index in [9.17, 15) is 14.5 Å². The van der Waals surface area contributed by atoms with E-state index < -0.39 is 16.8 Å². The zero-order valence-corrected chi connectivity index (χ0v) is 17.1. The molecule has 7 nitrogen and oxygen atoms in total. The number of thioether (sulfide) groups is 1. The van der Waals surface area contributed by atoms with Crippen LogP contribution in [-0.4, -0.2) is 19.7 Å². The van der Waals surface area contributed by atoms with Crippen LogP contribution in [0.3, 0.4) is 0 Å². The molecule has 1 unspecified atom stereocenters. The molecular weight excluding hydrogens is 395 g/mol. The fourth-order valence-electron chi connectivity index (χ4n) is 2.79. The van der Waals surface area contributed by atoms with Gasteiger partial charge in [0.05, 0.1) is 4.92 Å². The van der Waals surface area contributed by atoms with E-state index in [1.807, 2.05) is 18.4 Å². The van der Waals surface area contributed by atoms with Gasteiger partial charge in [0.1, 0.15) is 0 Å². The van der Waals surface area contributed by atoms with Gasteiger partial charge in [-0.3, -0.25) is 10.1 Å². The van der Waals surface area contributed by atoms with E-state index in [1.54, 1.807) is 37.3 Å². The third kappa shape index (κ3) is 4.92. The second kappa shape index (κ2) is 9.04. The molecule has 0 bridgehead atoms. The number of aromatic nitrogens is 3. The molecule has 152 valence electrons. The number of hydrogen-bond donors (Lipinski definition) is 0. The first kappa shape index (κ1) is 20.8. The number of halogens is 1. The number of para-hydroxylation sites is 1. The zero-order chi connectivity index (χ0) is 21.0. The SMILES string of the molecule is CC(Oc1ccccc1F)c1nnc(SCc2ccc([N+](=O)[O-])cc2)n1C(C)C. The van der Waals surface area contributed by atoms with E-state index in [4.69, 9.17) is 4.74 Å². The Labute approximate surface area is 172 Å². The number of rotatable bonds is 8. The minimum Gasteiger partial charge on any atom is -0.480 e. The molecule has 0 amide bonds. The van der Waals surface area contributed by atoms with Crippen molar-refractivity contribution in [2.24, 2.45) is 0 Å². The van der Waals surface area contributed by atoms with Crippen LogP contribution in [0.1, 0.15) is 44.3 Å². The highest BCUT2D eigenvalue weighted by Gasteiger charge is 2.22. The van der Waals surface area contributed by atoms with E-state index in [-0.39, 0.29) is 17.5 Å². The number of hydrogen-bond acceptors (Lipinski definition) is 6. The summed E-state index contributed by atoms with van der Waals surface area (Å²) in [7, 11) is 0. The second-order valence-electron chi connectivity index (χ2n) is 6.71. The first-order valence-corrected chi connectivity index (χ1v) is 10.1. The van der Waals surface area contributed by atoms with E-state index in [0.29, 0.717) is 16.7 Å². The van der Waals surface area contributed by atoms with Crippen molar-refractivity contribution in [2.75, 3.05) is 0 Å². The lowest BCUT2D eigenvalue weighted by Gasteiger charge is -2.19. The maximum atomic E-state index is 13.9. The van der Waals surface area contributed by atoms with Gasteiger partial charge in [0.25, 0.3) is 5.69 Å². The van der Waals surface area contributed by atoms with Crippen LogP contribution in [0.15, 0.2) is 53.7 Å². The lowest BCUT2D eigenvalue weighted by atomic mass is 10.2. The van der Waals surface area contributed by atoms with Crippen molar-refractivity contribution in [3.63, 3.8) is 0 Å². The van der Waals surface area contributed by atoms with Crippen LogP contribution in [0.5, 0.6) is 5.75 Å². The first-order valence-electron chi connectivity index (χ1n) is 9.09. The number of nitro groups is 1. The van der Waals surface area contributed by atoms with Gasteiger partial charge < -0.3 is 9.30 Å². The third-order valence-corrected chi connectivity index (χ3v) is 5.24. The van der Waals surface area contributed by atoms with Crippen molar-refractivity contribution in [3.05, 3.63) is 75.9 Å². The maximum absolute atomic E-state index is 13.9. The fraction of sp³-hybridized carbons (Fsp3) is 0.300. The van der Waals surface area contributed by atoms with Gasteiger partial charge in [-0.05, 0) is 38.5 Å². The van der Waals surface area contributed by atoms with Crippen LogP contribution < -0.4 is 4.74 Å². The molecular formula is C20H21FN4O3S. The summed E-state index contributed by atoms with van der Waals surface area (Å²) >= 11 is 1.48. The molecule has 1 atom stereocenters. The molecule has 1 aromatic heterocycles. The summed E-state index contributed by atoms with van der Waals surface area (Å²) in [4.78, 5) is 10.4. The summed E-state index contributed by atoms with van der Waals surface area (Å²) < 4.78 is 21.6. The summed E-state index contributed by atoms with van der Waals surface area (Å²) in [6, 6.07) is 12.7. The molecule has 3 aromatic rings. The third-order valence-electron chi connectivity index (χ3n) is 4.23. The molecule has 1 heterocycles. The van der Waals surface area contributed by atoms with E-state index >= 15 is 0 Å². The lowest BCUT2D eigenvalue weighted by Crippen LogP contribution is -2.14. The van der Waals surface area contributed by atoms with Crippen molar-refractivity contribution in [1.29, 1.82) is 0 Å². The highest BCUT2D eigenvalue weighted by Crippen LogP contribution is 2.30. The van der Waals surface area contributed by atoms with Crippen LogP contribution in [0.4, 0.5) is 10.1 Å². The van der Waals surface area contributed by atoms with Gasteiger partial charge in [-0.15, -0.1) is 10.2 Å². The Morgan fingerprint density at radius 3 is 2.45 bits per heavy atom. The van der Waals surface area contributed by atoms with Gasteiger partial charge in [0.15, 0.2) is 28.7 Å². The summed E-state index contributed by atoms with van der Waals surface area (Å²) in [5, 5.41) is 20.0. The van der Waals surface area contributed by atoms with Crippen molar-refractivity contribution in [1.82, 2.24) is 14.8 Å². The second-order valence-corrected chi connectivity index (χ2v) is 7.65. The molecule has 0 radical (unpaired) electrons. The Bertz CT molecular complexity index is 992. The molecule has 2 aromatic carbocycles. The van der Waals surface area contributed by atoms with E-state index in [0.717, 1.165) is 5.56 Å². The minimum absolute atomic E-state index is 0.0606. The molecule has 0 fully saturated rings. The molecule has 3 rings (SSSR count). The van der Waals surface area contributed by atoms with E-state index in [2.05, 4.69) is 10.2 Å². The predicted molar refractivity (Wildman–Crippen MR) is 109 cm³/mol. The monoisotopic (exact) mass is 416 g/mol. The normalized spacial score (nSPS) is 12.2. The standard InChI is InChI=1S/C20H21FN4O3S/c1-13(2)24-19(14(3)28-18-7-5-4-6-17(18)21)22-23-20(24)29-12-15-8-10-16(11-9-15)25(26)27/h4-11,13-14H,12H2,1-3H3. The summed E-state index contributed by atoms with van der Waals surface area (Å²) in [5.41, 5.74) is 1.00. The Hall–Kier alpha value is -2.94. The van der Waals surface area contributed by atoms with Gasteiger partial charge in [-0.1, -0.05) is 36.0 Å². The topological polar surface area (TPSA) is 83.1 Å². The smallest absolute Gasteiger partial charge is 0.269 e. The molecule has 0 spiro atoms. The molecule has 29 heavy (non-hydrogen) atoms. The fourth-order valence-corrected chi connectivity index (χ4v) is 3.82. The number of benzene rings is 2. The molecule has 0 aliphatic carbocycles. The van der Waals surface area contributed by atoms with Crippen LogP contribution in [0.2, 0.25) is 0 Å². The average Bonchev–Trinajstić information content (AvgIpc) is 3.13. The molecule has 0 N–H and O–H groups in total. The largest absolute Gasteiger partial charge is 0.480 e. The van der Waals surface area contributed by atoms with Gasteiger partial charge in [-0.25, -0.2) is 4.39 Å². The van der Waals surface area contributed by atoms with Gasteiger partial charge in [0, 0.05) is 23.9 Å². The Morgan fingerprint density at radius 1 is 1.14 bits per heavy atom. The van der Waals surface area contributed by atoms with Crippen LogP contribution in [-0.2, 0) is 5.75 Å². The quantitative estimate of drug-likeness (QED) is 0.280. The van der Waals surface area contributed by atoms with Crippen molar-refractivity contribution in [2.45, 2.75) is 43.8 Å². The van der Waals surface area contributed by atoms with Gasteiger partial charge in [0.2, 0.25) is 0 Å². The van der Waals surface area contributed by atoms with Crippen molar-refractivity contribution in [3.8, 4) is 5.75 Å². The molecule has 9 heteroatoms. The Morgan fingerprint density at radius 2 is 1.83 bits per heavy atom. The number of nitro benzene ring substituents is 1. The Kier molecular flexibility index (Phi) is 6.48. The highest BCUT2D eigenvalue weighted by atomic mass is 32.2. The lowest BCUT2D eigenvalue weighted by molar-refractivity contribution is -0.384. The molecule has 0 aliphatic heterocycles. The summed E-state index contributed by atoms with van der Waals surface area (Å²) in [6.45, 7) is 5.83. The van der Waals surface area contributed by atoms with Gasteiger partial charge >= 0.3 is 0 Å². The number of non-ortho nitro benzene ring substituents is 1. The van der Waals surface area contributed by atoms with Crippen LogP contribution in [0, 0.1) is 15.9 Å². The Balaban J connectivity index is 1.76. The van der Waals surface area contributed by atoms with E-state index in [1.165, 1.54) is 30.0 Å². The number of nitrogens with zero attached hydrogens (tertiary/aromatic N) is 4. The molecule has 0 aliphatic rings. The molecule has 0 saturated carbocycles. The maximum Gasteiger partial charge on any atom is 0.269 e. The van der Waals surface area contributed by atoms with Gasteiger partial charge in [-0.2, -0.15) is 0 Å². The summed E-state index contributed by atoms with van der Waals surface area (Å²) in [6.07, 6.45) is -0.490. The van der Waals surface area contributed by atoms with Crippen molar-refractivity contribution >= 4 is 17.4 Å². The predicted octanol–water partition coefficient (Wildman–Crippen LogP) is 5.34. The summed E-state index contributed by atoms with van der Waals surface area (Å²) in [5.74, 6) is 0.932. The zero-order valence-electron chi connectivity index (χ0n) is 16.3. The van der Waals surface area contributed by atoms with Crippen LogP contribution >= 0.6 is 11.8 Å². The minimum atomic E-state index is -0.490.